The molecule has 1 N–H and O–H groups in total. The van der Waals surface area contributed by atoms with E-state index in [4.69, 9.17) is 4.74 Å². The molecule has 2 aromatic rings. The first-order valence-electron chi connectivity index (χ1n) is 7.97. The van der Waals surface area contributed by atoms with Crippen molar-refractivity contribution < 1.29 is 14.6 Å². The van der Waals surface area contributed by atoms with Gasteiger partial charge in [0.1, 0.15) is 5.60 Å². The maximum Gasteiger partial charge on any atom is 0.410 e. The summed E-state index contributed by atoms with van der Waals surface area (Å²) in [6.07, 6.45) is -0.0475. The number of carbonyl (C=O) groups is 1. The summed E-state index contributed by atoms with van der Waals surface area (Å²) in [6, 6.07) is 8.09. The van der Waals surface area contributed by atoms with E-state index in [1.54, 1.807) is 16.2 Å². The van der Waals surface area contributed by atoms with Gasteiger partial charge in [0.15, 0.2) is 0 Å². The maximum absolute atomic E-state index is 12.2. The number of hydrogen-bond donors (Lipinski definition) is 1. The van der Waals surface area contributed by atoms with Gasteiger partial charge in [-0.2, -0.15) is 0 Å². The number of benzene rings is 1. The topological polar surface area (TPSA) is 49.8 Å². The third-order valence-corrected chi connectivity index (χ3v) is 5.13. The minimum Gasteiger partial charge on any atom is -0.444 e. The van der Waals surface area contributed by atoms with Crippen molar-refractivity contribution in [1.29, 1.82) is 0 Å². The smallest absolute Gasteiger partial charge is 0.410 e. The third-order valence-electron chi connectivity index (χ3n) is 4.15. The zero-order valence-electron chi connectivity index (χ0n) is 13.8. The van der Waals surface area contributed by atoms with Crippen molar-refractivity contribution >= 4 is 27.5 Å². The Kier molecular flexibility index (Phi) is 4.34. The van der Waals surface area contributed by atoms with Gasteiger partial charge in [-0.1, -0.05) is 18.2 Å². The molecule has 1 aromatic heterocycles. The highest BCUT2D eigenvalue weighted by Crippen LogP contribution is 2.36. The standard InChI is InChI=1S/C18H23NO3S/c1-18(2,3)22-17(21)19-9-7-13(11-19)15(20)14-6-4-5-12-8-10-23-16(12)14/h4-6,8,10,13,15,20H,7,9,11H2,1-3H3. The predicted octanol–water partition coefficient (Wildman–Crippen LogP) is 4.19. The molecule has 0 spiro atoms. The molecular formula is C18H23NO3S. The molecule has 2 heterocycles. The van der Waals surface area contributed by atoms with Crippen LogP contribution in [0.15, 0.2) is 29.6 Å². The lowest BCUT2D eigenvalue weighted by molar-refractivity contribution is 0.0268. The summed E-state index contributed by atoms with van der Waals surface area (Å²) < 4.78 is 6.56. The number of aliphatic hydroxyl groups is 1. The molecule has 3 rings (SSSR count). The largest absolute Gasteiger partial charge is 0.444 e. The molecule has 5 heteroatoms. The molecule has 1 aromatic carbocycles. The fourth-order valence-electron chi connectivity index (χ4n) is 3.04. The monoisotopic (exact) mass is 333 g/mol. The van der Waals surface area contributed by atoms with Gasteiger partial charge in [-0.15, -0.1) is 11.3 Å². The van der Waals surface area contributed by atoms with E-state index in [0.717, 1.165) is 22.1 Å². The lowest BCUT2D eigenvalue weighted by Gasteiger charge is -2.25. The van der Waals surface area contributed by atoms with Gasteiger partial charge in [0.25, 0.3) is 0 Å². The molecule has 1 aliphatic heterocycles. The summed E-state index contributed by atoms with van der Waals surface area (Å²) in [7, 11) is 0. The number of carbonyl (C=O) groups excluding carboxylic acids is 1. The van der Waals surface area contributed by atoms with E-state index in [0.29, 0.717) is 13.1 Å². The number of ether oxygens (including phenoxy) is 1. The Balaban J connectivity index is 1.71. The van der Waals surface area contributed by atoms with E-state index in [2.05, 4.69) is 12.1 Å². The van der Waals surface area contributed by atoms with Gasteiger partial charge < -0.3 is 14.7 Å². The van der Waals surface area contributed by atoms with Crippen LogP contribution in [-0.2, 0) is 4.74 Å². The molecule has 1 saturated heterocycles. The summed E-state index contributed by atoms with van der Waals surface area (Å²) in [5, 5.41) is 14.0. The van der Waals surface area contributed by atoms with Crippen LogP contribution >= 0.6 is 11.3 Å². The van der Waals surface area contributed by atoms with Crippen molar-refractivity contribution in [2.24, 2.45) is 5.92 Å². The Morgan fingerprint density at radius 2 is 2.17 bits per heavy atom. The summed E-state index contributed by atoms with van der Waals surface area (Å²) in [4.78, 5) is 13.9. The fourth-order valence-corrected chi connectivity index (χ4v) is 3.99. The Bertz CT molecular complexity index is 704. The van der Waals surface area contributed by atoms with Crippen LogP contribution in [0.25, 0.3) is 10.1 Å². The number of nitrogens with zero attached hydrogens (tertiary/aromatic N) is 1. The fraction of sp³-hybridized carbons (Fsp3) is 0.500. The highest BCUT2D eigenvalue weighted by Gasteiger charge is 2.34. The average molecular weight is 333 g/mol. The van der Waals surface area contributed by atoms with Crippen molar-refractivity contribution in [2.75, 3.05) is 13.1 Å². The van der Waals surface area contributed by atoms with Crippen molar-refractivity contribution in [3.8, 4) is 0 Å². The maximum atomic E-state index is 12.2. The molecule has 0 aliphatic carbocycles. The van der Waals surface area contributed by atoms with E-state index >= 15 is 0 Å². The molecule has 1 fully saturated rings. The van der Waals surface area contributed by atoms with Crippen LogP contribution < -0.4 is 0 Å². The first-order chi connectivity index (χ1) is 10.8. The quantitative estimate of drug-likeness (QED) is 0.896. The second-order valence-electron chi connectivity index (χ2n) is 7.11. The van der Waals surface area contributed by atoms with Gasteiger partial charge in [0.2, 0.25) is 0 Å². The Hall–Kier alpha value is -1.59. The third kappa shape index (κ3) is 3.51. The number of hydrogen-bond acceptors (Lipinski definition) is 4. The van der Waals surface area contributed by atoms with Crippen molar-refractivity contribution in [3.63, 3.8) is 0 Å². The summed E-state index contributed by atoms with van der Waals surface area (Å²) >= 11 is 1.65. The molecule has 0 radical (unpaired) electrons. The number of fused-ring (bicyclic) bond motifs is 1. The van der Waals surface area contributed by atoms with Crippen molar-refractivity contribution in [1.82, 2.24) is 4.90 Å². The van der Waals surface area contributed by atoms with E-state index in [1.165, 1.54) is 0 Å². The Labute approximate surface area is 140 Å². The normalized spacial score (nSPS) is 20.0. The van der Waals surface area contributed by atoms with Crippen LogP contribution in [0, 0.1) is 5.92 Å². The van der Waals surface area contributed by atoms with Gasteiger partial charge in [-0.25, -0.2) is 4.79 Å². The van der Waals surface area contributed by atoms with Gasteiger partial charge in [0, 0.05) is 23.7 Å². The average Bonchev–Trinajstić information content (AvgIpc) is 3.13. The Morgan fingerprint density at radius 3 is 2.91 bits per heavy atom. The molecule has 23 heavy (non-hydrogen) atoms. The minimum absolute atomic E-state index is 0.0511. The lowest BCUT2D eigenvalue weighted by Crippen LogP contribution is -2.35. The summed E-state index contributed by atoms with van der Waals surface area (Å²) in [5.74, 6) is 0.0511. The van der Waals surface area contributed by atoms with E-state index in [1.807, 2.05) is 38.3 Å². The van der Waals surface area contributed by atoms with Crippen LogP contribution in [0.5, 0.6) is 0 Å². The Morgan fingerprint density at radius 1 is 1.39 bits per heavy atom. The molecule has 2 unspecified atom stereocenters. The summed E-state index contributed by atoms with van der Waals surface area (Å²) in [5.41, 5.74) is 0.477. The molecule has 2 atom stereocenters. The first-order valence-corrected chi connectivity index (χ1v) is 8.85. The van der Waals surface area contributed by atoms with E-state index < -0.39 is 11.7 Å². The number of thiophene rings is 1. The van der Waals surface area contributed by atoms with Crippen LogP contribution in [-0.4, -0.2) is 34.8 Å². The molecule has 0 bridgehead atoms. The first kappa shape index (κ1) is 16.3. The van der Waals surface area contributed by atoms with E-state index in [9.17, 15) is 9.90 Å². The molecule has 124 valence electrons. The van der Waals surface area contributed by atoms with Gasteiger partial charge in [-0.05, 0) is 49.6 Å². The number of rotatable bonds is 2. The van der Waals surface area contributed by atoms with Crippen LogP contribution in [0.4, 0.5) is 4.79 Å². The van der Waals surface area contributed by atoms with Crippen LogP contribution in [0.3, 0.4) is 0 Å². The number of likely N-dealkylation sites (tertiary alicyclic amines) is 1. The van der Waals surface area contributed by atoms with Crippen LogP contribution in [0.2, 0.25) is 0 Å². The van der Waals surface area contributed by atoms with Gasteiger partial charge in [0.05, 0.1) is 6.10 Å². The predicted molar refractivity (Wildman–Crippen MR) is 92.7 cm³/mol. The molecule has 1 aliphatic rings. The second kappa shape index (κ2) is 6.13. The zero-order chi connectivity index (χ0) is 16.6. The molecule has 0 saturated carbocycles. The SMILES string of the molecule is CC(C)(C)OC(=O)N1CCC(C(O)c2cccc3ccsc23)C1. The summed E-state index contributed by atoms with van der Waals surface area (Å²) in [6.45, 7) is 6.77. The molecule has 1 amide bonds. The minimum atomic E-state index is -0.551. The highest BCUT2D eigenvalue weighted by atomic mass is 32.1. The van der Waals surface area contributed by atoms with Crippen molar-refractivity contribution in [3.05, 3.63) is 35.2 Å². The van der Waals surface area contributed by atoms with Crippen LogP contribution in [0.1, 0.15) is 38.9 Å². The molecule has 4 nitrogen and oxygen atoms in total. The second-order valence-corrected chi connectivity index (χ2v) is 8.02. The van der Waals surface area contributed by atoms with Gasteiger partial charge >= 0.3 is 6.09 Å². The van der Waals surface area contributed by atoms with Gasteiger partial charge in [-0.3, -0.25) is 0 Å². The zero-order valence-corrected chi connectivity index (χ0v) is 14.6. The van der Waals surface area contributed by atoms with E-state index in [-0.39, 0.29) is 12.0 Å². The number of aliphatic hydroxyl groups excluding tert-OH is 1. The lowest BCUT2D eigenvalue weighted by atomic mass is 9.94. The van der Waals surface area contributed by atoms with Crippen molar-refractivity contribution in [2.45, 2.75) is 38.9 Å². The highest BCUT2D eigenvalue weighted by molar-refractivity contribution is 7.17. The number of amides is 1. The molecular weight excluding hydrogens is 310 g/mol.